The first-order chi connectivity index (χ1) is 14.6. The van der Waals surface area contributed by atoms with Crippen LogP contribution in [0, 0.1) is 11.6 Å². The van der Waals surface area contributed by atoms with E-state index in [1.807, 2.05) is 0 Å². The molecular weight excluding hydrogens is 447 g/mol. The smallest absolute Gasteiger partial charge is 0.349 e. The molecule has 168 valence electrons. The van der Waals surface area contributed by atoms with Gasteiger partial charge in [0.1, 0.15) is 41.3 Å². The van der Waals surface area contributed by atoms with Gasteiger partial charge in [0.05, 0.1) is 13.7 Å². The summed E-state index contributed by atoms with van der Waals surface area (Å²) in [5, 5.41) is 5.38. The third-order valence-corrected chi connectivity index (χ3v) is 5.45. The van der Waals surface area contributed by atoms with Gasteiger partial charge in [0.15, 0.2) is 0 Å². The minimum absolute atomic E-state index is 0.0346. The molecule has 3 rings (SSSR count). The van der Waals surface area contributed by atoms with Crippen molar-refractivity contribution in [2.45, 2.75) is 30.2 Å². The Morgan fingerprint density at radius 3 is 2.52 bits per heavy atom. The number of rotatable bonds is 7. The van der Waals surface area contributed by atoms with Gasteiger partial charge in [-0.2, -0.15) is 12.7 Å². The fourth-order valence-corrected chi connectivity index (χ4v) is 3.60. The van der Waals surface area contributed by atoms with E-state index in [2.05, 4.69) is 0 Å². The molecular formula is C19H17F5N2O4S. The quantitative estimate of drug-likeness (QED) is 0.638. The SMILES string of the molecule is COc1cc(F)c(C2CC(=O)N(c3cccn(CC(O)C(F)(F)SF)c3=O)C2)c(F)c1. The van der Waals surface area contributed by atoms with Gasteiger partial charge in [0.2, 0.25) is 5.91 Å². The van der Waals surface area contributed by atoms with Gasteiger partial charge < -0.3 is 19.3 Å². The lowest BCUT2D eigenvalue weighted by molar-refractivity contribution is -0.117. The molecule has 0 radical (unpaired) electrons. The van der Waals surface area contributed by atoms with Crippen molar-refractivity contribution in [2.24, 2.45) is 0 Å². The lowest BCUT2D eigenvalue weighted by Crippen LogP contribution is -2.39. The van der Waals surface area contributed by atoms with Crippen molar-refractivity contribution in [3.8, 4) is 5.75 Å². The number of aliphatic hydroxyl groups excluding tert-OH is 1. The lowest BCUT2D eigenvalue weighted by Gasteiger charge is -2.21. The third kappa shape index (κ3) is 4.54. The Morgan fingerprint density at radius 2 is 1.94 bits per heavy atom. The van der Waals surface area contributed by atoms with Crippen LogP contribution in [0.4, 0.5) is 27.1 Å². The Balaban J connectivity index is 1.88. The highest BCUT2D eigenvalue weighted by atomic mass is 32.2. The highest BCUT2D eigenvalue weighted by Gasteiger charge is 2.41. The Bertz CT molecular complexity index is 1030. The van der Waals surface area contributed by atoms with Gasteiger partial charge in [-0.1, -0.05) is 0 Å². The summed E-state index contributed by atoms with van der Waals surface area (Å²) in [5.74, 6) is -3.34. The van der Waals surface area contributed by atoms with E-state index in [0.29, 0.717) is 4.57 Å². The predicted molar refractivity (Wildman–Crippen MR) is 103 cm³/mol. The van der Waals surface area contributed by atoms with Crippen molar-refractivity contribution in [3.05, 3.63) is 58.0 Å². The summed E-state index contributed by atoms with van der Waals surface area (Å²) in [6.45, 7) is -1.15. The first-order valence-electron chi connectivity index (χ1n) is 8.97. The average molecular weight is 464 g/mol. The van der Waals surface area contributed by atoms with Gasteiger partial charge in [-0.3, -0.25) is 9.59 Å². The Hall–Kier alpha value is -2.60. The number of carbonyl (C=O) groups is 1. The molecule has 1 aromatic heterocycles. The van der Waals surface area contributed by atoms with Crippen molar-refractivity contribution >= 4 is 23.7 Å². The second-order valence-corrected chi connectivity index (χ2v) is 7.61. The number of amides is 1. The number of ether oxygens (including phenoxy) is 1. The van der Waals surface area contributed by atoms with Crippen molar-refractivity contribution in [3.63, 3.8) is 0 Å². The Morgan fingerprint density at radius 1 is 1.29 bits per heavy atom. The minimum atomic E-state index is -4.13. The summed E-state index contributed by atoms with van der Waals surface area (Å²) < 4.78 is 73.2. The van der Waals surface area contributed by atoms with E-state index < -0.39 is 59.1 Å². The molecule has 2 unspecified atom stereocenters. The standard InChI is InChI=1S/C19H17F5N2O4S/c1-30-11-6-12(20)17(13(21)7-11)10-5-16(28)26(8-10)14-3-2-4-25(18(14)29)9-15(27)19(22,23)31-24/h2-4,6-7,10,15,27H,5,8-9H2,1H3. The number of carbonyl (C=O) groups excluding carboxylic acids is 1. The van der Waals surface area contributed by atoms with E-state index in [4.69, 9.17) is 4.74 Å². The van der Waals surface area contributed by atoms with Gasteiger partial charge in [-0.05, 0) is 12.1 Å². The summed E-state index contributed by atoms with van der Waals surface area (Å²) >= 11 is -1.35. The molecule has 2 atom stereocenters. The number of anilines is 1. The van der Waals surface area contributed by atoms with Crippen LogP contribution < -0.4 is 15.2 Å². The van der Waals surface area contributed by atoms with Gasteiger partial charge >= 0.3 is 5.25 Å². The second kappa shape index (κ2) is 8.87. The van der Waals surface area contributed by atoms with Crippen molar-refractivity contribution in [1.29, 1.82) is 0 Å². The van der Waals surface area contributed by atoms with Crippen LogP contribution >= 0.6 is 12.1 Å². The van der Waals surface area contributed by atoms with Gasteiger partial charge in [-0.25, -0.2) is 8.78 Å². The van der Waals surface area contributed by atoms with Crippen LogP contribution in [0.15, 0.2) is 35.3 Å². The summed E-state index contributed by atoms with van der Waals surface area (Å²) in [4.78, 5) is 26.1. The number of hydrogen-bond acceptors (Lipinski definition) is 5. The molecule has 1 saturated heterocycles. The van der Waals surface area contributed by atoms with E-state index in [1.54, 1.807) is 0 Å². The number of halogens is 5. The van der Waals surface area contributed by atoms with Gasteiger partial charge in [-0.15, -0.1) is 0 Å². The molecule has 0 saturated carbocycles. The fraction of sp³-hybridized carbons (Fsp3) is 0.368. The van der Waals surface area contributed by atoms with E-state index >= 15 is 0 Å². The summed E-state index contributed by atoms with van der Waals surface area (Å²) in [7, 11) is 1.24. The molecule has 2 aromatic rings. The van der Waals surface area contributed by atoms with Gasteiger partial charge in [0.25, 0.3) is 5.56 Å². The number of hydrogen-bond donors (Lipinski definition) is 1. The van der Waals surface area contributed by atoms with Crippen LogP contribution in [0.3, 0.4) is 0 Å². The van der Waals surface area contributed by atoms with Crippen molar-refractivity contribution in [1.82, 2.24) is 4.57 Å². The molecule has 1 aliphatic rings. The van der Waals surface area contributed by atoms with E-state index in [-0.39, 0.29) is 30.0 Å². The maximum absolute atomic E-state index is 14.4. The highest BCUT2D eigenvalue weighted by Crippen LogP contribution is 2.36. The molecule has 0 bridgehead atoms. The molecule has 6 nitrogen and oxygen atoms in total. The normalized spacial score (nSPS) is 17.8. The molecule has 1 aliphatic heterocycles. The van der Waals surface area contributed by atoms with Crippen LogP contribution in [-0.4, -0.2) is 40.6 Å². The number of aliphatic hydroxyl groups is 1. The van der Waals surface area contributed by atoms with Crippen LogP contribution in [0.5, 0.6) is 5.75 Å². The zero-order valence-corrected chi connectivity index (χ0v) is 16.8. The predicted octanol–water partition coefficient (Wildman–Crippen LogP) is 3.23. The van der Waals surface area contributed by atoms with Crippen LogP contribution in [-0.2, 0) is 11.3 Å². The summed E-state index contributed by atoms with van der Waals surface area (Å²) in [5.41, 5.74) is -1.44. The average Bonchev–Trinajstić information content (AvgIpc) is 3.09. The van der Waals surface area contributed by atoms with Crippen LogP contribution in [0.1, 0.15) is 17.9 Å². The largest absolute Gasteiger partial charge is 0.497 e. The van der Waals surface area contributed by atoms with E-state index in [0.717, 1.165) is 23.2 Å². The van der Waals surface area contributed by atoms with Crippen LogP contribution in [0.25, 0.3) is 0 Å². The molecule has 2 heterocycles. The van der Waals surface area contributed by atoms with E-state index in [9.17, 15) is 36.1 Å². The fourth-order valence-electron chi connectivity index (χ4n) is 3.42. The summed E-state index contributed by atoms with van der Waals surface area (Å²) in [6, 6.07) is 4.48. The molecule has 1 amide bonds. The van der Waals surface area contributed by atoms with Crippen molar-refractivity contribution < 1.29 is 36.1 Å². The lowest BCUT2D eigenvalue weighted by atomic mass is 9.97. The zero-order valence-electron chi connectivity index (χ0n) is 16.0. The summed E-state index contributed by atoms with van der Waals surface area (Å²) in [6.07, 6.45) is -1.69. The number of methoxy groups -OCH3 is 1. The Kier molecular flexibility index (Phi) is 6.60. The maximum atomic E-state index is 14.4. The number of nitrogens with zero attached hydrogens (tertiary/aromatic N) is 2. The maximum Gasteiger partial charge on any atom is 0.349 e. The molecule has 0 spiro atoms. The zero-order chi connectivity index (χ0) is 22.9. The van der Waals surface area contributed by atoms with Crippen molar-refractivity contribution in [2.75, 3.05) is 18.6 Å². The first kappa shape index (κ1) is 23.1. The molecule has 1 aromatic carbocycles. The first-order valence-corrected chi connectivity index (χ1v) is 9.69. The Labute approximate surface area is 177 Å². The molecule has 31 heavy (non-hydrogen) atoms. The van der Waals surface area contributed by atoms with E-state index in [1.165, 1.54) is 19.2 Å². The number of pyridine rings is 1. The second-order valence-electron chi connectivity index (χ2n) is 6.92. The molecule has 1 fully saturated rings. The number of benzene rings is 1. The highest BCUT2D eigenvalue weighted by molar-refractivity contribution is 7.95. The number of aromatic nitrogens is 1. The molecule has 12 heteroatoms. The topological polar surface area (TPSA) is 71.8 Å². The minimum Gasteiger partial charge on any atom is -0.497 e. The molecule has 0 aliphatic carbocycles. The third-order valence-electron chi connectivity index (χ3n) is 4.97. The molecule has 1 N–H and O–H groups in total. The number of alkyl halides is 2. The van der Waals surface area contributed by atoms with Crippen LogP contribution in [0.2, 0.25) is 0 Å². The monoisotopic (exact) mass is 464 g/mol. The van der Waals surface area contributed by atoms with Gasteiger partial charge in [0, 0.05) is 42.8 Å².